The number of para-hydroxylation sites is 1. The van der Waals surface area contributed by atoms with Crippen molar-refractivity contribution in [2.75, 3.05) is 18.0 Å². The Labute approximate surface area is 111 Å². The van der Waals surface area contributed by atoms with Crippen molar-refractivity contribution in [3.05, 3.63) is 40.4 Å². The zero-order valence-electron chi connectivity index (χ0n) is 9.44. The number of fused-ring (bicyclic) bond motifs is 1. The normalized spacial score (nSPS) is 21.0. The van der Waals surface area contributed by atoms with Gasteiger partial charge in [-0.05, 0) is 18.9 Å². The van der Waals surface area contributed by atoms with Crippen molar-refractivity contribution in [1.82, 2.24) is 0 Å². The molecule has 0 spiro atoms. The van der Waals surface area contributed by atoms with Gasteiger partial charge in [0.2, 0.25) is 0 Å². The van der Waals surface area contributed by atoms with Crippen molar-refractivity contribution in [3.8, 4) is 0 Å². The quantitative estimate of drug-likeness (QED) is 0.888. The van der Waals surface area contributed by atoms with Crippen LogP contribution in [0.15, 0.2) is 34.8 Å². The molecular formula is C13H15Cl2NO. The van der Waals surface area contributed by atoms with Crippen molar-refractivity contribution in [2.45, 2.75) is 18.9 Å². The number of rotatable bonds is 2. The average molecular weight is 272 g/mol. The molecule has 1 aromatic rings. The molecule has 1 N–H and O–H groups in total. The zero-order chi connectivity index (χ0) is 12.3. The first kappa shape index (κ1) is 12.7. The Balaban J connectivity index is 2.31. The standard InChI is InChI=1S/C13H15Cl2NO/c14-8-10(15)9-16-7-3-6-13(17)11-4-1-2-5-12(11)16/h1-2,4-5,8,13,17H,3,6-7,9H2/b10-8-. The zero-order valence-corrected chi connectivity index (χ0v) is 11.0. The van der Waals surface area contributed by atoms with Crippen LogP contribution in [0.5, 0.6) is 0 Å². The van der Waals surface area contributed by atoms with Gasteiger partial charge in [0.15, 0.2) is 0 Å². The number of aliphatic hydroxyl groups is 1. The van der Waals surface area contributed by atoms with Crippen molar-refractivity contribution in [3.63, 3.8) is 0 Å². The van der Waals surface area contributed by atoms with Crippen LogP contribution in [-0.4, -0.2) is 18.2 Å². The molecule has 1 unspecified atom stereocenters. The minimum atomic E-state index is -0.380. The maximum atomic E-state index is 10.1. The van der Waals surface area contributed by atoms with Crippen LogP contribution in [0, 0.1) is 0 Å². The van der Waals surface area contributed by atoms with E-state index in [0.717, 1.165) is 30.6 Å². The van der Waals surface area contributed by atoms with Crippen LogP contribution in [0.25, 0.3) is 0 Å². The van der Waals surface area contributed by atoms with Crippen LogP contribution in [0.2, 0.25) is 0 Å². The summed E-state index contributed by atoms with van der Waals surface area (Å²) in [6, 6.07) is 7.91. The van der Waals surface area contributed by atoms with Gasteiger partial charge in [-0.2, -0.15) is 0 Å². The molecule has 92 valence electrons. The highest BCUT2D eigenvalue weighted by molar-refractivity contribution is 6.36. The van der Waals surface area contributed by atoms with Gasteiger partial charge in [-0.15, -0.1) is 0 Å². The number of hydrogen-bond acceptors (Lipinski definition) is 2. The Morgan fingerprint density at radius 1 is 1.47 bits per heavy atom. The van der Waals surface area contributed by atoms with Gasteiger partial charge < -0.3 is 10.0 Å². The molecule has 1 aliphatic heterocycles. The second-order valence-electron chi connectivity index (χ2n) is 4.19. The third kappa shape index (κ3) is 2.95. The molecule has 0 fully saturated rings. The maximum absolute atomic E-state index is 10.1. The summed E-state index contributed by atoms with van der Waals surface area (Å²) in [5.41, 5.74) is 3.42. The van der Waals surface area contributed by atoms with Gasteiger partial charge in [0.1, 0.15) is 0 Å². The molecule has 1 aromatic carbocycles. The number of benzene rings is 1. The minimum Gasteiger partial charge on any atom is -0.388 e. The van der Waals surface area contributed by atoms with E-state index >= 15 is 0 Å². The van der Waals surface area contributed by atoms with Gasteiger partial charge in [0, 0.05) is 28.4 Å². The third-order valence-electron chi connectivity index (χ3n) is 3.00. The Kier molecular flexibility index (Phi) is 4.32. The smallest absolute Gasteiger partial charge is 0.0810 e. The van der Waals surface area contributed by atoms with E-state index in [9.17, 15) is 5.11 Å². The Morgan fingerprint density at radius 3 is 3.00 bits per heavy atom. The lowest BCUT2D eigenvalue weighted by atomic mass is 10.0. The molecule has 2 rings (SSSR count). The molecule has 1 aliphatic rings. The molecule has 0 aromatic heterocycles. The fourth-order valence-corrected chi connectivity index (χ4v) is 2.40. The molecule has 0 aliphatic carbocycles. The summed E-state index contributed by atoms with van der Waals surface area (Å²) in [5, 5.41) is 10.7. The van der Waals surface area contributed by atoms with Crippen LogP contribution in [0.3, 0.4) is 0 Å². The predicted molar refractivity (Wildman–Crippen MR) is 72.6 cm³/mol. The molecule has 0 amide bonds. The van der Waals surface area contributed by atoms with Crippen LogP contribution >= 0.6 is 23.2 Å². The monoisotopic (exact) mass is 271 g/mol. The van der Waals surface area contributed by atoms with Gasteiger partial charge in [0.05, 0.1) is 12.6 Å². The Hall–Kier alpha value is -0.700. The van der Waals surface area contributed by atoms with Crippen LogP contribution in [0.1, 0.15) is 24.5 Å². The molecule has 2 nitrogen and oxygen atoms in total. The van der Waals surface area contributed by atoms with E-state index in [1.807, 2.05) is 24.3 Å². The van der Waals surface area contributed by atoms with Gasteiger partial charge in [-0.25, -0.2) is 0 Å². The highest BCUT2D eigenvalue weighted by Crippen LogP contribution is 2.33. The molecule has 0 bridgehead atoms. The number of nitrogens with zero attached hydrogens (tertiary/aromatic N) is 1. The summed E-state index contributed by atoms with van der Waals surface area (Å²) in [5.74, 6) is 0. The van der Waals surface area contributed by atoms with E-state index in [1.165, 1.54) is 5.54 Å². The summed E-state index contributed by atoms with van der Waals surface area (Å²) in [6.45, 7) is 1.48. The number of aliphatic hydroxyl groups excluding tert-OH is 1. The van der Waals surface area contributed by atoms with Gasteiger partial charge >= 0.3 is 0 Å². The first-order valence-corrected chi connectivity index (χ1v) is 6.50. The molecule has 1 atom stereocenters. The third-order valence-corrected chi connectivity index (χ3v) is 3.61. The molecular weight excluding hydrogens is 257 g/mol. The van der Waals surface area contributed by atoms with Crippen molar-refractivity contribution < 1.29 is 5.11 Å². The van der Waals surface area contributed by atoms with Crippen LogP contribution in [-0.2, 0) is 0 Å². The maximum Gasteiger partial charge on any atom is 0.0810 e. The summed E-state index contributed by atoms with van der Waals surface area (Å²) in [4.78, 5) is 2.16. The van der Waals surface area contributed by atoms with Gasteiger partial charge in [-0.3, -0.25) is 0 Å². The van der Waals surface area contributed by atoms with Crippen LogP contribution < -0.4 is 4.90 Å². The van der Waals surface area contributed by atoms with E-state index in [2.05, 4.69) is 4.90 Å². The SMILES string of the molecule is OC1CCCN(C/C(Cl)=C/Cl)c2ccccc21. The van der Waals surface area contributed by atoms with E-state index in [0.29, 0.717) is 11.6 Å². The number of hydrogen-bond donors (Lipinski definition) is 1. The van der Waals surface area contributed by atoms with Crippen molar-refractivity contribution in [1.29, 1.82) is 0 Å². The summed E-state index contributed by atoms with van der Waals surface area (Å²) >= 11 is 11.6. The second kappa shape index (κ2) is 5.76. The molecule has 0 radical (unpaired) electrons. The first-order chi connectivity index (χ1) is 8.22. The largest absolute Gasteiger partial charge is 0.388 e. The van der Waals surface area contributed by atoms with Gasteiger partial charge in [0.25, 0.3) is 0 Å². The van der Waals surface area contributed by atoms with Gasteiger partial charge in [-0.1, -0.05) is 41.4 Å². The van der Waals surface area contributed by atoms with Crippen LogP contribution in [0.4, 0.5) is 5.69 Å². The highest BCUT2D eigenvalue weighted by atomic mass is 35.5. The lowest BCUT2D eigenvalue weighted by molar-refractivity contribution is 0.168. The molecule has 0 saturated heterocycles. The first-order valence-electron chi connectivity index (χ1n) is 5.69. The predicted octanol–water partition coefficient (Wildman–Crippen LogP) is 3.64. The fourth-order valence-electron chi connectivity index (χ4n) is 2.19. The number of anilines is 1. The molecule has 4 heteroatoms. The Morgan fingerprint density at radius 2 is 2.24 bits per heavy atom. The Bertz CT molecular complexity index is 420. The fraction of sp³-hybridized carbons (Fsp3) is 0.385. The lowest BCUT2D eigenvalue weighted by Gasteiger charge is -2.24. The highest BCUT2D eigenvalue weighted by Gasteiger charge is 2.20. The molecule has 1 heterocycles. The average Bonchev–Trinajstić information content (AvgIpc) is 2.51. The molecule has 0 saturated carbocycles. The van der Waals surface area contributed by atoms with Crippen molar-refractivity contribution >= 4 is 28.9 Å². The van der Waals surface area contributed by atoms with E-state index in [4.69, 9.17) is 23.2 Å². The summed E-state index contributed by atoms with van der Waals surface area (Å²) in [6.07, 6.45) is 1.35. The molecule has 17 heavy (non-hydrogen) atoms. The number of halogens is 2. The minimum absolute atomic E-state index is 0.380. The van der Waals surface area contributed by atoms with E-state index in [-0.39, 0.29) is 6.10 Å². The van der Waals surface area contributed by atoms with Crippen molar-refractivity contribution in [2.24, 2.45) is 0 Å². The lowest BCUT2D eigenvalue weighted by Crippen LogP contribution is -2.25. The summed E-state index contributed by atoms with van der Waals surface area (Å²) in [7, 11) is 0. The van der Waals surface area contributed by atoms with E-state index < -0.39 is 0 Å². The second-order valence-corrected chi connectivity index (χ2v) is 4.90. The summed E-state index contributed by atoms with van der Waals surface area (Å²) < 4.78 is 0. The van der Waals surface area contributed by atoms with E-state index in [1.54, 1.807) is 0 Å². The topological polar surface area (TPSA) is 23.5 Å².